The smallest absolute Gasteiger partial charge is 0.207 e. The van der Waals surface area contributed by atoms with Crippen molar-refractivity contribution >= 4 is 34.8 Å². The van der Waals surface area contributed by atoms with Gasteiger partial charge in [0.05, 0.1) is 11.1 Å². The molecule has 0 aliphatic carbocycles. The van der Waals surface area contributed by atoms with Crippen molar-refractivity contribution in [1.82, 2.24) is 0 Å². The van der Waals surface area contributed by atoms with E-state index in [1.807, 2.05) is 24.3 Å². The first kappa shape index (κ1) is 39.4. The Hall–Kier alpha value is -3.66. The van der Waals surface area contributed by atoms with Gasteiger partial charge >= 0.3 is 12.4 Å². The van der Waals surface area contributed by atoms with Gasteiger partial charge in [-0.25, -0.2) is 13.2 Å². The Labute approximate surface area is 269 Å². The number of rotatable bonds is 0. The fourth-order valence-electron chi connectivity index (χ4n) is 2.79. The summed E-state index contributed by atoms with van der Waals surface area (Å²) < 4.78 is 108. The van der Waals surface area contributed by atoms with Crippen LogP contribution in [-0.2, 0) is 12.4 Å². The van der Waals surface area contributed by atoms with Crippen molar-refractivity contribution in [1.29, 1.82) is 0 Å². The Morgan fingerprint density at radius 1 is 0.400 bits per heavy atom. The highest BCUT2D eigenvalue weighted by atomic mass is 35.5. The lowest BCUT2D eigenvalue weighted by molar-refractivity contribution is -0.143. The molecule has 0 bridgehead atoms. The lowest BCUT2D eigenvalue weighted by Gasteiger charge is -2.10. The van der Waals surface area contributed by atoms with E-state index in [0.717, 1.165) is 12.1 Å². The van der Waals surface area contributed by atoms with Crippen LogP contribution in [0.4, 0.5) is 39.5 Å². The molecule has 5 rings (SSSR count). The molecule has 0 saturated heterocycles. The summed E-state index contributed by atoms with van der Waals surface area (Å²) in [5.74, 6) is -1.37. The average molecular weight is 698 g/mol. The SMILES string of the molecule is Cc1ccccc1.Clc1cccc(Cl)c1.FC(F)(F)c1cccc(C(F)(F)F)c1.Fc1cccc(Cl)c1.Fc1cccc(F)c1. The maximum Gasteiger partial charge on any atom is 0.416 e. The van der Waals surface area contributed by atoms with E-state index in [2.05, 4.69) is 19.1 Å². The molecule has 0 spiro atoms. The molecule has 0 amide bonds. The molecule has 5 aromatic carbocycles. The highest BCUT2D eigenvalue weighted by molar-refractivity contribution is 6.34. The molecule has 12 heteroatoms. The second-order valence-corrected chi connectivity index (χ2v) is 9.86. The van der Waals surface area contributed by atoms with Gasteiger partial charge < -0.3 is 0 Å². The third-order valence-electron chi connectivity index (χ3n) is 4.82. The fourth-order valence-corrected chi connectivity index (χ4v) is 3.40. The number of aryl methyl sites for hydroxylation is 1. The van der Waals surface area contributed by atoms with Crippen molar-refractivity contribution < 1.29 is 39.5 Å². The van der Waals surface area contributed by atoms with E-state index < -0.39 is 35.1 Å². The molecule has 0 fully saturated rings. The normalized spacial score (nSPS) is 10.3. The van der Waals surface area contributed by atoms with Crippen molar-refractivity contribution in [2.45, 2.75) is 19.3 Å². The molecule has 0 aliphatic rings. The van der Waals surface area contributed by atoms with Crippen LogP contribution in [0.3, 0.4) is 0 Å². The van der Waals surface area contributed by atoms with E-state index >= 15 is 0 Å². The highest BCUT2D eigenvalue weighted by Gasteiger charge is 2.35. The van der Waals surface area contributed by atoms with Crippen LogP contribution in [0, 0.1) is 24.4 Å². The topological polar surface area (TPSA) is 0 Å². The third kappa shape index (κ3) is 18.7. The first-order valence-corrected chi connectivity index (χ1v) is 13.6. The number of benzene rings is 5. The van der Waals surface area contributed by atoms with E-state index in [1.165, 1.54) is 35.9 Å². The van der Waals surface area contributed by atoms with E-state index in [0.29, 0.717) is 27.2 Å². The van der Waals surface area contributed by atoms with Crippen LogP contribution in [0.2, 0.25) is 15.1 Å². The van der Waals surface area contributed by atoms with Crippen molar-refractivity contribution in [3.8, 4) is 0 Å². The zero-order chi connectivity index (χ0) is 34.0. The first-order valence-electron chi connectivity index (χ1n) is 12.5. The second-order valence-electron chi connectivity index (χ2n) is 8.55. The molecule has 45 heavy (non-hydrogen) atoms. The van der Waals surface area contributed by atoms with Gasteiger partial charge in [-0.15, -0.1) is 0 Å². The minimum absolute atomic E-state index is 0.0833. The summed E-state index contributed by atoms with van der Waals surface area (Å²) in [6.07, 6.45) is -9.50. The zero-order valence-electron chi connectivity index (χ0n) is 23.2. The molecule has 240 valence electrons. The Balaban J connectivity index is 0.000000289. The number of hydrogen-bond donors (Lipinski definition) is 0. The molecule has 0 saturated carbocycles. The summed E-state index contributed by atoms with van der Waals surface area (Å²) in [5.41, 5.74) is -1.28. The van der Waals surface area contributed by atoms with Crippen LogP contribution in [0.15, 0.2) is 127 Å². The molecule has 0 unspecified atom stereocenters. The number of alkyl halides is 6. The van der Waals surface area contributed by atoms with E-state index in [-0.39, 0.29) is 11.9 Å². The van der Waals surface area contributed by atoms with Crippen molar-refractivity contribution in [3.05, 3.63) is 177 Å². The molecule has 0 aliphatic heterocycles. The second kappa shape index (κ2) is 19.7. The van der Waals surface area contributed by atoms with Crippen LogP contribution >= 0.6 is 34.8 Å². The van der Waals surface area contributed by atoms with Gasteiger partial charge in [0, 0.05) is 21.1 Å². The minimum Gasteiger partial charge on any atom is -0.207 e. The summed E-state index contributed by atoms with van der Waals surface area (Å²) in [5, 5.41) is 1.79. The Morgan fingerprint density at radius 3 is 1.00 bits per heavy atom. The lowest BCUT2D eigenvalue weighted by atomic mass is 10.1. The summed E-state index contributed by atoms with van der Waals surface area (Å²) in [7, 11) is 0. The largest absolute Gasteiger partial charge is 0.416 e. The van der Waals surface area contributed by atoms with Crippen molar-refractivity contribution in [3.63, 3.8) is 0 Å². The molecular weight excluding hydrogens is 674 g/mol. The van der Waals surface area contributed by atoms with Gasteiger partial charge in [0.2, 0.25) is 0 Å². The fraction of sp³-hybridized carbons (Fsp3) is 0.0909. The van der Waals surface area contributed by atoms with Crippen LogP contribution in [0.1, 0.15) is 16.7 Å². The van der Waals surface area contributed by atoms with E-state index in [1.54, 1.807) is 30.3 Å². The van der Waals surface area contributed by atoms with Crippen molar-refractivity contribution in [2.75, 3.05) is 0 Å². The quantitative estimate of drug-likeness (QED) is 0.141. The van der Waals surface area contributed by atoms with Gasteiger partial charge in [0.25, 0.3) is 0 Å². The van der Waals surface area contributed by atoms with Crippen LogP contribution in [0.25, 0.3) is 0 Å². The predicted octanol–water partition coefficient (Wildman–Crippen LogP) is 13.2. The zero-order valence-corrected chi connectivity index (χ0v) is 25.4. The van der Waals surface area contributed by atoms with Gasteiger partial charge in [-0.3, -0.25) is 0 Å². The number of halogens is 12. The molecule has 0 radical (unpaired) electrons. The van der Waals surface area contributed by atoms with Gasteiger partial charge in [0.15, 0.2) is 0 Å². The van der Waals surface area contributed by atoms with Crippen molar-refractivity contribution in [2.24, 2.45) is 0 Å². The Morgan fingerprint density at radius 2 is 0.756 bits per heavy atom. The third-order valence-corrected chi connectivity index (χ3v) is 5.52. The minimum atomic E-state index is -4.75. The van der Waals surface area contributed by atoms with Crippen LogP contribution in [-0.4, -0.2) is 0 Å². The molecule has 0 heterocycles. The molecule has 0 aromatic heterocycles. The standard InChI is InChI=1S/C8H4F6.C7H8.C6H4Cl2.C6H4ClF.C6H4F2/c9-7(10,11)5-2-1-3-6(4-5)8(12,13)14;1-7-5-3-2-4-6-7;3*7-5-2-1-3-6(8)4-5/h1-4H;2-6H,1H3;3*1-4H. The van der Waals surface area contributed by atoms with Gasteiger partial charge in [-0.05, 0) is 73.7 Å². The highest BCUT2D eigenvalue weighted by Crippen LogP contribution is 2.34. The van der Waals surface area contributed by atoms with E-state index in [4.69, 9.17) is 34.8 Å². The maximum atomic E-state index is 12.1. The first-order chi connectivity index (χ1) is 21.0. The monoisotopic (exact) mass is 696 g/mol. The summed E-state index contributed by atoms with van der Waals surface area (Å²) in [6, 6.07) is 29.7. The molecular formula is C33H24Cl3F9. The molecule has 0 nitrogen and oxygen atoms in total. The molecule has 0 atom stereocenters. The Bertz CT molecular complexity index is 1370. The van der Waals surface area contributed by atoms with Crippen LogP contribution in [0.5, 0.6) is 0 Å². The van der Waals surface area contributed by atoms with Gasteiger partial charge in [-0.2, -0.15) is 26.3 Å². The predicted molar refractivity (Wildman–Crippen MR) is 162 cm³/mol. The Kier molecular flexibility index (Phi) is 17.2. The van der Waals surface area contributed by atoms with E-state index in [9.17, 15) is 39.5 Å². The summed E-state index contributed by atoms with van der Waals surface area (Å²) in [6.45, 7) is 2.08. The maximum absolute atomic E-state index is 12.1. The lowest BCUT2D eigenvalue weighted by Crippen LogP contribution is -2.09. The average Bonchev–Trinajstić information content (AvgIpc) is 2.94. The van der Waals surface area contributed by atoms with Gasteiger partial charge in [0.1, 0.15) is 17.5 Å². The molecule has 5 aromatic rings. The number of hydrogen-bond acceptors (Lipinski definition) is 0. The summed E-state index contributed by atoms with van der Waals surface area (Å²) >= 11 is 16.5. The molecule has 0 N–H and O–H groups in total. The van der Waals surface area contributed by atoms with Gasteiger partial charge in [-0.1, -0.05) is 95.0 Å². The van der Waals surface area contributed by atoms with Crippen LogP contribution < -0.4 is 0 Å². The summed E-state index contributed by atoms with van der Waals surface area (Å²) in [4.78, 5) is 0.